The van der Waals surface area contributed by atoms with Crippen molar-refractivity contribution in [2.75, 3.05) is 26.4 Å². The number of hydrogen-bond acceptors (Lipinski definition) is 8. The zero-order chi connectivity index (χ0) is 21.1. The van der Waals surface area contributed by atoms with Gasteiger partial charge in [-0.3, -0.25) is 9.59 Å². The third kappa shape index (κ3) is 7.77. The van der Waals surface area contributed by atoms with Gasteiger partial charge < -0.3 is 18.9 Å². The monoisotopic (exact) mass is 394 g/mol. The second kappa shape index (κ2) is 11.7. The molecular formula is C20H26O8. The Bertz CT molecular complexity index is 661. The first-order chi connectivity index (χ1) is 13.2. The topological polar surface area (TPSA) is 105 Å². The molecule has 0 spiro atoms. The van der Waals surface area contributed by atoms with Crippen LogP contribution in [-0.4, -0.2) is 50.3 Å². The second-order valence-electron chi connectivity index (χ2n) is 6.31. The Morgan fingerprint density at radius 3 is 1.79 bits per heavy atom. The molecule has 0 heterocycles. The van der Waals surface area contributed by atoms with Crippen molar-refractivity contribution >= 4 is 23.9 Å². The van der Waals surface area contributed by atoms with Crippen molar-refractivity contribution in [3.8, 4) is 0 Å². The van der Waals surface area contributed by atoms with Gasteiger partial charge in [0, 0.05) is 11.1 Å². The first-order valence-corrected chi connectivity index (χ1v) is 8.89. The number of allylic oxidation sites excluding steroid dienone is 1. The predicted molar refractivity (Wildman–Crippen MR) is 98.8 cm³/mol. The molecule has 2 atom stereocenters. The van der Waals surface area contributed by atoms with E-state index in [9.17, 15) is 19.2 Å². The lowest BCUT2D eigenvalue weighted by Gasteiger charge is -2.24. The molecule has 28 heavy (non-hydrogen) atoms. The summed E-state index contributed by atoms with van der Waals surface area (Å²) >= 11 is 0. The Morgan fingerprint density at radius 1 is 0.821 bits per heavy atom. The molecule has 0 aromatic rings. The zero-order valence-corrected chi connectivity index (χ0v) is 16.2. The third-order valence-corrected chi connectivity index (χ3v) is 3.81. The van der Waals surface area contributed by atoms with Crippen LogP contribution in [0.1, 0.15) is 26.7 Å². The summed E-state index contributed by atoms with van der Waals surface area (Å²) in [5.41, 5.74) is 0.499. The minimum absolute atomic E-state index is 0.0941. The highest BCUT2D eigenvalue weighted by molar-refractivity contribution is 5.87. The highest BCUT2D eigenvalue weighted by atomic mass is 16.6. The molecule has 1 aliphatic rings. The van der Waals surface area contributed by atoms with Gasteiger partial charge in [0.15, 0.2) is 0 Å². The number of esters is 4. The average Bonchev–Trinajstić information content (AvgIpc) is 2.67. The molecule has 0 fully saturated rings. The number of rotatable bonds is 10. The van der Waals surface area contributed by atoms with E-state index in [1.807, 2.05) is 0 Å². The van der Waals surface area contributed by atoms with Gasteiger partial charge in [-0.2, -0.15) is 0 Å². The van der Waals surface area contributed by atoms with Crippen LogP contribution in [0, 0.1) is 11.8 Å². The Kier molecular flexibility index (Phi) is 9.70. The van der Waals surface area contributed by atoms with Crippen LogP contribution < -0.4 is 0 Å². The van der Waals surface area contributed by atoms with Crippen molar-refractivity contribution in [3.05, 3.63) is 36.5 Å². The van der Waals surface area contributed by atoms with Crippen LogP contribution in [0.5, 0.6) is 0 Å². The van der Waals surface area contributed by atoms with E-state index in [4.69, 9.17) is 18.9 Å². The fourth-order valence-electron chi connectivity index (χ4n) is 2.34. The van der Waals surface area contributed by atoms with Crippen molar-refractivity contribution in [1.29, 1.82) is 0 Å². The van der Waals surface area contributed by atoms with Crippen molar-refractivity contribution in [1.82, 2.24) is 0 Å². The van der Waals surface area contributed by atoms with Gasteiger partial charge in [0.05, 0.1) is 11.8 Å². The fraction of sp³-hybridized carbons (Fsp3) is 0.500. The van der Waals surface area contributed by atoms with Crippen molar-refractivity contribution in [2.45, 2.75) is 26.7 Å². The summed E-state index contributed by atoms with van der Waals surface area (Å²) < 4.78 is 19.9. The molecule has 0 aliphatic heterocycles. The molecule has 0 aromatic heterocycles. The van der Waals surface area contributed by atoms with Crippen molar-refractivity contribution in [3.63, 3.8) is 0 Å². The summed E-state index contributed by atoms with van der Waals surface area (Å²) in [5.74, 6) is -3.76. The SMILES string of the molecule is C=C(C)C(=O)OCCOC(=O)C1C=CCCC1C(=O)OCCOC(=O)C(=C)C. The molecule has 0 bridgehead atoms. The predicted octanol–water partition coefficient (Wildman–Crippen LogP) is 1.89. The normalized spacial score (nSPS) is 17.9. The van der Waals surface area contributed by atoms with Gasteiger partial charge in [0.2, 0.25) is 0 Å². The van der Waals surface area contributed by atoms with Gasteiger partial charge in [0.1, 0.15) is 26.4 Å². The molecule has 154 valence electrons. The summed E-state index contributed by atoms with van der Waals surface area (Å²) in [6, 6.07) is 0. The highest BCUT2D eigenvalue weighted by Crippen LogP contribution is 2.27. The zero-order valence-electron chi connectivity index (χ0n) is 16.2. The summed E-state index contributed by atoms with van der Waals surface area (Å²) in [7, 11) is 0. The molecule has 0 saturated heterocycles. The Balaban J connectivity index is 2.44. The molecule has 0 aromatic carbocycles. The smallest absolute Gasteiger partial charge is 0.333 e. The lowest BCUT2D eigenvalue weighted by atomic mass is 9.84. The number of carbonyl (C=O) groups excluding carboxylic acids is 4. The molecular weight excluding hydrogens is 368 g/mol. The summed E-state index contributed by atoms with van der Waals surface area (Å²) in [4.78, 5) is 47.1. The van der Waals surface area contributed by atoms with Crippen LogP contribution >= 0.6 is 0 Å². The largest absolute Gasteiger partial charge is 0.462 e. The van der Waals surface area contributed by atoms with E-state index in [0.717, 1.165) is 0 Å². The molecule has 0 amide bonds. The third-order valence-electron chi connectivity index (χ3n) is 3.81. The van der Waals surface area contributed by atoms with E-state index in [1.54, 1.807) is 12.2 Å². The fourth-order valence-corrected chi connectivity index (χ4v) is 2.34. The maximum Gasteiger partial charge on any atom is 0.333 e. The van der Waals surface area contributed by atoms with E-state index >= 15 is 0 Å². The first kappa shape index (κ1) is 23.1. The average molecular weight is 394 g/mol. The molecule has 0 radical (unpaired) electrons. The van der Waals surface area contributed by atoms with Crippen LogP contribution in [0.15, 0.2) is 36.5 Å². The van der Waals surface area contributed by atoms with Gasteiger partial charge in [-0.1, -0.05) is 25.3 Å². The minimum Gasteiger partial charge on any atom is -0.462 e. The number of carbonyl (C=O) groups is 4. The van der Waals surface area contributed by atoms with Crippen LogP contribution in [0.25, 0.3) is 0 Å². The molecule has 1 aliphatic carbocycles. The molecule has 8 nitrogen and oxygen atoms in total. The van der Waals surface area contributed by atoms with E-state index in [-0.39, 0.29) is 37.6 Å². The van der Waals surface area contributed by atoms with Crippen LogP contribution in [0.2, 0.25) is 0 Å². The summed E-state index contributed by atoms with van der Waals surface area (Å²) in [6.45, 7) is 9.48. The maximum absolute atomic E-state index is 12.3. The maximum atomic E-state index is 12.3. The summed E-state index contributed by atoms with van der Waals surface area (Å²) in [5, 5.41) is 0. The van der Waals surface area contributed by atoms with Gasteiger partial charge in [-0.15, -0.1) is 0 Å². The Labute approximate surface area is 164 Å². The highest BCUT2D eigenvalue weighted by Gasteiger charge is 2.35. The molecule has 0 N–H and O–H groups in total. The van der Waals surface area contributed by atoms with Crippen LogP contribution in [0.4, 0.5) is 0 Å². The standard InChI is InChI=1S/C20H26O8/c1-13(2)17(21)25-9-11-27-19(23)15-7-5-6-8-16(15)20(24)28-12-10-26-18(22)14(3)4/h5,7,15-16H,1,3,6,8-12H2,2,4H3. The molecule has 2 unspecified atom stereocenters. The van der Waals surface area contributed by atoms with Gasteiger partial charge in [-0.05, 0) is 26.7 Å². The van der Waals surface area contributed by atoms with E-state index < -0.39 is 35.7 Å². The van der Waals surface area contributed by atoms with Crippen LogP contribution in [0.3, 0.4) is 0 Å². The molecule has 0 saturated carbocycles. The lowest BCUT2D eigenvalue weighted by molar-refractivity contribution is -0.162. The van der Waals surface area contributed by atoms with E-state index in [1.165, 1.54) is 13.8 Å². The summed E-state index contributed by atoms with van der Waals surface area (Å²) in [6.07, 6.45) is 4.47. The van der Waals surface area contributed by atoms with Crippen LogP contribution in [-0.2, 0) is 38.1 Å². The van der Waals surface area contributed by atoms with Gasteiger partial charge in [-0.25, -0.2) is 9.59 Å². The first-order valence-electron chi connectivity index (χ1n) is 8.89. The van der Waals surface area contributed by atoms with E-state index in [2.05, 4.69) is 13.2 Å². The number of hydrogen-bond donors (Lipinski definition) is 0. The molecule has 8 heteroatoms. The number of ether oxygens (including phenoxy) is 4. The Morgan fingerprint density at radius 2 is 1.29 bits per heavy atom. The van der Waals surface area contributed by atoms with Gasteiger partial charge >= 0.3 is 23.9 Å². The van der Waals surface area contributed by atoms with Gasteiger partial charge in [0.25, 0.3) is 0 Å². The second-order valence-corrected chi connectivity index (χ2v) is 6.31. The quantitative estimate of drug-likeness (QED) is 0.182. The lowest BCUT2D eigenvalue weighted by Crippen LogP contribution is -2.34. The van der Waals surface area contributed by atoms with E-state index in [0.29, 0.717) is 12.8 Å². The van der Waals surface area contributed by atoms with Crippen molar-refractivity contribution in [2.24, 2.45) is 11.8 Å². The molecule has 1 rings (SSSR count). The Hall–Kier alpha value is -2.90. The minimum atomic E-state index is -0.781. The van der Waals surface area contributed by atoms with Crippen molar-refractivity contribution < 1.29 is 38.1 Å².